The predicted octanol–water partition coefficient (Wildman–Crippen LogP) is 2.47. The summed E-state index contributed by atoms with van der Waals surface area (Å²) in [6.45, 7) is 5.37. The van der Waals surface area contributed by atoms with Gasteiger partial charge in [0.15, 0.2) is 0 Å². The molecule has 1 aromatic rings. The number of amides is 1. The molecule has 1 saturated heterocycles. The number of hydrogen-bond acceptors (Lipinski definition) is 4. The Morgan fingerprint density at radius 1 is 1.27 bits per heavy atom. The molecule has 5 nitrogen and oxygen atoms in total. The van der Waals surface area contributed by atoms with Crippen LogP contribution in [0.4, 0.5) is 0 Å². The maximum Gasteiger partial charge on any atom is 0.224 e. The number of hydrogen-bond donors (Lipinski definition) is 2. The van der Waals surface area contributed by atoms with Crippen LogP contribution in [-0.4, -0.2) is 60.1 Å². The van der Waals surface area contributed by atoms with Crippen molar-refractivity contribution in [2.75, 3.05) is 33.2 Å². The summed E-state index contributed by atoms with van der Waals surface area (Å²) in [5, 5.41) is 9.46. The van der Waals surface area contributed by atoms with Gasteiger partial charge in [-0.05, 0) is 44.3 Å². The average molecular weight is 406 g/mol. The van der Waals surface area contributed by atoms with E-state index < -0.39 is 0 Å². The molecule has 26 heavy (non-hydrogen) atoms. The van der Waals surface area contributed by atoms with E-state index >= 15 is 0 Å². The van der Waals surface area contributed by atoms with Crippen molar-refractivity contribution in [1.82, 2.24) is 9.80 Å². The summed E-state index contributed by atoms with van der Waals surface area (Å²) >= 11 is 0. The lowest BCUT2D eigenvalue weighted by Crippen LogP contribution is -2.42. The van der Waals surface area contributed by atoms with Crippen LogP contribution in [0.25, 0.3) is 0 Å². The number of β-amino-alcohol motifs (C(OH)–C–C–N with tert-alkyl or cyclic N) is 1. The van der Waals surface area contributed by atoms with Gasteiger partial charge in [0.25, 0.3) is 0 Å². The van der Waals surface area contributed by atoms with Gasteiger partial charge < -0.3 is 20.6 Å². The smallest absolute Gasteiger partial charge is 0.224 e. The largest absolute Gasteiger partial charge is 0.392 e. The van der Waals surface area contributed by atoms with E-state index in [1.54, 1.807) is 0 Å². The number of likely N-dealkylation sites (tertiary alicyclic amines) is 1. The van der Waals surface area contributed by atoms with Gasteiger partial charge in [-0.15, -0.1) is 24.8 Å². The predicted molar refractivity (Wildman–Crippen MR) is 111 cm³/mol. The Bertz CT molecular complexity index is 509. The Balaban J connectivity index is 0.00000312. The third-order valence-electron chi connectivity index (χ3n) is 4.81. The molecule has 0 bridgehead atoms. The fraction of sp³-hybridized carbons (Fsp3) is 0.632. The summed E-state index contributed by atoms with van der Waals surface area (Å²) in [4.78, 5) is 16.5. The van der Waals surface area contributed by atoms with Crippen molar-refractivity contribution >= 4 is 30.7 Å². The first-order valence-corrected chi connectivity index (χ1v) is 8.90. The van der Waals surface area contributed by atoms with E-state index in [9.17, 15) is 9.90 Å². The second-order valence-electron chi connectivity index (χ2n) is 7.09. The highest BCUT2D eigenvalue weighted by molar-refractivity contribution is 5.85. The van der Waals surface area contributed by atoms with Crippen molar-refractivity contribution < 1.29 is 9.90 Å². The molecular weight excluding hydrogens is 373 g/mol. The molecule has 3 N–H and O–H groups in total. The Kier molecular flexibility index (Phi) is 12.1. The van der Waals surface area contributed by atoms with Crippen LogP contribution in [0, 0.1) is 5.92 Å². The minimum atomic E-state index is -0.273. The molecule has 1 heterocycles. The number of rotatable bonds is 7. The van der Waals surface area contributed by atoms with Crippen molar-refractivity contribution in [1.29, 1.82) is 0 Å². The molecule has 150 valence electrons. The molecule has 1 aliphatic rings. The molecule has 0 aliphatic carbocycles. The van der Waals surface area contributed by atoms with Crippen LogP contribution in [0.15, 0.2) is 30.3 Å². The zero-order valence-electron chi connectivity index (χ0n) is 15.7. The second-order valence-corrected chi connectivity index (χ2v) is 7.09. The molecule has 1 fully saturated rings. The second kappa shape index (κ2) is 12.5. The van der Waals surface area contributed by atoms with E-state index in [1.807, 2.05) is 49.2 Å². The lowest BCUT2D eigenvalue weighted by Gasteiger charge is -2.34. The number of aliphatic hydroxyl groups is 1. The number of aliphatic hydroxyl groups excluding tert-OH is 1. The molecule has 1 aromatic carbocycles. The summed E-state index contributed by atoms with van der Waals surface area (Å²) in [6.07, 6.45) is 2.23. The SMILES string of the molecule is CC(O)CN1CCC(CN(C)C(=O)CC(N)c2ccccc2)CC1.Cl.Cl. The summed E-state index contributed by atoms with van der Waals surface area (Å²) in [5.41, 5.74) is 7.16. The zero-order valence-corrected chi connectivity index (χ0v) is 17.3. The first kappa shape index (κ1) is 25.1. The van der Waals surface area contributed by atoms with Crippen LogP contribution in [0.1, 0.15) is 37.8 Å². The lowest BCUT2D eigenvalue weighted by atomic mass is 9.95. The number of halogens is 2. The van der Waals surface area contributed by atoms with Crippen LogP contribution in [0.5, 0.6) is 0 Å². The zero-order chi connectivity index (χ0) is 17.5. The fourth-order valence-corrected chi connectivity index (χ4v) is 3.38. The number of carbonyl (C=O) groups excluding carboxylic acids is 1. The van der Waals surface area contributed by atoms with E-state index in [1.165, 1.54) is 0 Å². The maximum absolute atomic E-state index is 12.4. The summed E-state index contributed by atoms with van der Waals surface area (Å²) in [5.74, 6) is 0.648. The highest BCUT2D eigenvalue weighted by Gasteiger charge is 2.23. The highest BCUT2D eigenvalue weighted by atomic mass is 35.5. The van der Waals surface area contributed by atoms with Gasteiger partial charge in [-0.1, -0.05) is 30.3 Å². The molecule has 0 spiro atoms. The van der Waals surface area contributed by atoms with Gasteiger partial charge in [0.05, 0.1) is 6.10 Å². The fourth-order valence-electron chi connectivity index (χ4n) is 3.38. The Labute approximate surface area is 169 Å². The molecule has 2 atom stereocenters. The van der Waals surface area contributed by atoms with Crippen molar-refractivity contribution in [2.24, 2.45) is 11.7 Å². The maximum atomic E-state index is 12.4. The molecule has 1 amide bonds. The molecular formula is C19H33Cl2N3O2. The Hall–Kier alpha value is -0.850. The number of nitrogens with two attached hydrogens (primary N) is 1. The molecule has 0 saturated carbocycles. The monoisotopic (exact) mass is 405 g/mol. The Morgan fingerprint density at radius 2 is 1.85 bits per heavy atom. The molecule has 2 unspecified atom stereocenters. The average Bonchev–Trinajstić information content (AvgIpc) is 2.56. The summed E-state index contributed by atoms with van der Waals surface area (Å²) < 4.78 is 0. The molecule has 7 heteroatoms. The van der Waals surface area contributed by atoms with Crippen LogP contribution in [0.3, 0.4) is 0 Å². The summed E-state index contributed by atoms with van der Waals surface area (Å²) in [6, 6.07) is 9.54. The Morgan fingerprint density at radius 3 is 2.38 bits per heavy atom. The number of benzene rings is 1. The third kappa shape index (κ3) is 8.23. The molecule has 2 rings (SSSR count). The van der Waals surface area contributed by atoms with E-state index in [2.05, 4.69) is 4.90 Å². The highest BCUT2D eigenvalue weighted by Crippen LogP contribution is 2.20. The van der Waals surface area contributed by atoms with Gasteiger partial charge in [-0.2, -0.15) is 0 Å². The molecule has 0 aromatic heterocycles. The van der Waals surface area contributed by atoms with Gasteiger partial charge in [-0.3, -0.25) is 4.79 Å². The van der Waals surface area contributed by atoms with Gasteiger partial charge in [0.1, 0.15) is 0 Å². The van der Waals surface area contributed by atoms with Crippen molar-refractivity contribution in [3.63, 3.8) is 0 Å². The minimum Gasteiger partial charge on any atom is -0.392 e. The topological polar surface area (TPSA) is 69.8 Å². The number of piperidine rings is 1. The van der Waals surface area contributed by atoms with Gasteiger partial charge in [0, 0.05) is 32.6 Å². The van der Waals surface area contributed by atoms with E-state index in [4.69, 9.17) is 5.73 Å². The lowest BCUT2D eigenvalue weighted by molar-refractivity contribution is -0.131. The number of nitrogens with zero attached hydrogens (tertiary/aromatic N) is 2. The first-order valence-electron chi connectivity index (χ1n) is 8.90. The van der Waals surface area contributed by atoms with Crippen molar-refractivity contribution in [3.8, 4) is 0 Å². The quantitative estimate of drug-likeness (QED) is 0.730. The third-order valence-corrected chi connectivity index (χ3v) is 4.81. The molecule has 0 radical (unpaired) electrons. The van der Waals surface area contributed by atoms with Crippen LogP contribution < -0.4 is 5.73 Å². The summed E-state index contributed by atoms with van der Waals surface area (Å²) in [7, 11) is 1.88. The van der Waals surface area contributed by atoms with Crippen LogP contribution in [0.2, 0.25) is 0 Å². The van der Waals surface area contributed by atoms with Crippen LogP contribution >= 0.6 is 24.8 Å². The minimum absolute atomic E-state index is 0. The van der Waals surface area contributed by atoms with E-state index in [0.717, 1.165) is 44.6 Å². The van der Waals surface area contributed by atoms with Crippen molar-refractivity contribution in [2.45, 2.75) is 38.3 Å². The van der Waals surface area contributed by atoms with Gasteiger partial charge in [0.2, 0.25) is 5.91 Å². The van der Waals surface area contributed by atoms with Gasteiger partial charge in [-0.25, -0.2) is 0 Å². The van der Waals surface area contributed by atoms with E-state index in [0.29, 0.717) is 12.3 Å². The molecule has 1 aliphatic heterocycles. The van der Waals surface area contributed by atoms with Crippen LogP contribution in [-0.2, 0) is 4.79 Å². The van der Waals surface area contributed by atoms with Gasteiger partial charge >= 0.3 is 0 Å². The number of carbonyl (C=O) groups is 1. The van der Waals surface area contributed by atoms with Crippen molar-refractivity contribution in [3.05, 3.63) is 35.9 Å². The first-order chi connectivity index (χ1) is 11.5. The standard InChI is InChI=1S/C19H31N3O2.2ClH/c1-15(23)13-22-10-8-16(9-11-22)14-21(2)19(24)12-18(20)17-6-4-3-5-7-17;;/h3-7,15-16,18,23H,8-14,20H2,1-2H3;2*1H. The normalized spacial score (nSPS) is 17.5. The van der Waals surface area contributed by atoms with E-state index in [-0.39, 0.29) is 42.9 Å².